The first kappa shape index (κ1) is 9.19. The highest BCUT2D eigenvalue weighted by atomic mass is 16.3. The van der Waals surface area contributed by atoms with E-state index in [0.717, 1.165) is 25.8 Å². The third-order valence-electron chi connectivity index (χ3n) is 2.77. The zero-order valence-corrected chi connectivity index (χ0v) is 8.10. The highest BCUT2D eigenvalue weighted by Gasteiger charge is 2.24. The fourth-order valence-electron chi connectivity index (χ4n) is 2.02. The van der Waals surface area contributed by atoms with E-state index in [0.29, 0.717) is 6.04 Å². The molecule has 0 radical (unpaired) electrons. The molecule has 3 nitrogen and oxygen atoms in total. The molecule has 0 saturated carbocycles. The van der Waals surface area contributed by atoms with Gasteiger partial charge in [-0.05, 0) is 24.8 Å². The van der Waals surface area contributed by atoms with Crippen LogP contribution in [-0.2, 0) is 6.42 Å². The van der Waals surface area contributed by atoms with Gasteiger partial charge in [0.2, 0.25) is 0 Å². The molecule has 1 fully saturated rings. The predicted octanol–water partition coefficient (Wildman–Crippen LogP) is 2.37. The lowest BCUT2D eigenvalue weighted by atomic mass is 10.0. The summed E-state index contributed by atoms with van der Waals surface area (Å²) in [5.41, 5.74) is 1.29. The largest absolute Gasteiger partial charge is 0.258 e. The number of benzene rings is 1. The average Bonchev–Trinajstić information content (AvgIpc) is 2.67. The van der Waals surface area contributed by atoms with Crippen LogP contribution >= 0.6 is 0 Å². The van der Waals surface area contributed by atoms with E-state index in [1.807, 2.05) is 18.2 Å². The molecule has 3 heteroatoms. The van der Waals surface area contributed by atoms with Crippen LogP contribution in [0.25, 0.3) is 0 Å². The van der Waals surface area contributed by atoms with Crippen LogP contribution in [0.15, 0.2) is 35.6 Å². The van der Waals surface area contributed by atoms with Crippen molar-refractivity contribution >= 4 is 0 Å². The molecule has 1 aliphatic rings. The molecule has 1 unspecified atom stereocenters. The maximum Gasteiger partial charge on any atom is 0.0543 e. The van der Waals surface area contributed by atoms with Gasteiger partial charge in [0.05, 0.1) is 11.3 Å². The second kappa shape index (κ2) is 4.22. The molecule has 0 spiro atoms. The van der Waals surface area contributed by atoms with Crippen molar-refractivity contribution in [2.45, 2.75) is 25.3 Å². The molecule has 1 aromatic carbocycles. The molecule has 1 aliphatic heterocycles. The van der Waals surface area contributed by atoms with Gasteiger partial charge in [-0.1, -0.05) is 30.3 Å². The maximum atomic E-state index is 10.5. The highest BCUT2D eigenvalue weighted by molar-refractivity contribution is 5.16. The minimum atomic E-state index is 0.315. The Hall–Kier alpha value is -1.38. The first-order chi connectivity index (χ1) is 6.90. The van der Waals surface area contributed by atoms with Crippen LogP contribution in [0.5, 0.6) is 0 Å². The summed E-state index contributed by atoms with van der Waals surface area (Å²) in [5, 5.41) is 4.72. The van der Waals surface area contributed by atoms with Gasteiger partial charge in [0.15, 0.2) is 0 Å². The van der Waals surface area contributed by atoms with Crippen LogP contribution in [-0.4, -0.2) is 17.6 Å². The Kier molecular flexibility index (Phi) is 2.77. The number of hydrogen-bond acceptors (Lipinski definition) is 2. The minimum absolute atomic E-state index is 0.315. The summed E-state index contributed by atoms with van der Waals surface area (Å²) < 4.78 is 0. The molecule has 0 N–H and O–H groups in total. The Morgan fingerprint density at radius 3 is 2.86 bits per heavy atom. The van der Waals surface area contributed by atoms with Crippen molar-refractivity contribution in [3.63, 3.8) is 0 Å². The summed E-state index contributed by atoms with van der Waals surface area (Å²) >= 11 is 0. The molecule has 0 amide bonds. The standard InChI is InChI=1S/C11H14N2O/c14-12-13-8-4-7-11(13)9-10-5-2-1-3-6-10/h1-3,5-6,11H,4,7-9H2. The van der Waals surface area contributed by atoms with E-state index in [2.05, 4.69) is 17.4 Å². The van der Waals surface area contributed by atoms with Crippen LogP contribution < -0.4 is 0 Å². The molecule has 2 rings (SSSR count). The summed E-state index contributed by atoms with van der Waals surface area (Å²) in [6, 6.07) is 10.6. The van der Waals surface area contributed by atoms with Crippen LogP contribution in [0.3, 0.4) is 0 Å². The van der Waals surface area contributed by atoms with E-state index in [9.17, 15) is 4.91 Å². The molecule has 1 saturated heterocycles. The van der Waals surface area contributed by atoms with Gasteiger partial charge >= 0.3 is 0 Å². The summed E-state index contributed by atoms with van der Waals surface area (Å²) in [4.78, 5) is 10.5. The van der Waals surface area contributed by atoms with Crippen molar-refractivity contribution in [1.29, 1.82) is 0 Å². The minimum Gasteiger partial charge on any atom is -0.258 e. The molecular formula is C11H14N2O. The number of nitrogens with zero attached hydrogens (tertiary/aromatic N) is 2. The van der Waals surface area contributed by atoms with Crippen molar-refractivity contribution in [2.24, 2.45) is 5.29 Å². The Balaban J connectivity index is 2.00. The second-order valence-corrected chi connectivity index (χ2v) is 3.73. The third-order valence-corrected chi connectivity index (χ3v) is 2.77. The van der Waals surface area contributed by atoms with Gasteiger partial charge < -0.3 is 0 Å². The van der Waals surface area contributed by atoms with Crippen LogP contribution in [0.4, 0.5) is 0 Å². The van der Waals surface area contributed by atoms with Crippen LogP contribution in [0.2, 0.25) is 0 Å². The van der Waals surface area contributed by atoms with E-state index < -0.39 is 0 Å². The summed E-state index contributed by atoms with van der Waals surface area (Å²) in [6.07, 6.45) is 3.11. The summed E-state index contributed by atoms with van der Waals surface area (Å²) in [6.45, 7) is 0.820. The van der Waals surface area contributed by atoms with Gasteiger partial charge in [-0.2, -0.15) is 0 Å². The van der Waals surface area contributed by atoms with E-state index in [-0.39, 0.29) is 0 Å². The Labute approximate surface area is 83.7 Å². The van der Waals surface area contributed by atoms with Gasteiger partial charge in [-0.3, -0.25) is 5.01 Å². The van der Waals surface area contributed by atoms with Crippen molar-refractivity contribution in [3.8, 4) is 0 Å². The zero-order chi connectivity index (χ0) is 9.80. The fraction of sp³-hybridized carbons (Fsp3) is 0.455. The van der Waals surface area contributed by atoms with E-state index >= 15 is 0 Å². The van der Waals surface area contributed by atoms with E-state index in [1.54, 1.807) is 5.01 Å². The molecular weight excluding hydrogens is 176 g/mol. The molecule has 0 bridgehead atoms. The summed E-state index contributed by atoms with van der Waals surface area (Å²) in [5.74, 6) is 0. The van der Waals surface area contributed by atoms with Crippen molar-refractivity contribution in [3.05, 3.63) is 40.8 Å². The molecule has 74 valence electrons. The van der Waals surface area contributed by atoms with E-state index in [1.165, 1.54) is 5.56 Å². The lowest BCUT2D eigenvalue weighted by Gasteiger charge is -2.17. The van der Waals surface area contributed by atoms with Crippen LogP contribution in [0.1, 0.15) is 18.4 Å². The first-order valence-electron chi connectivity index (χ1n) is 5.04. The molecule has 0 aromatic heterocycles. The lowest BCUT2D eigenvalue weighted by molar-refractivity contribution is 0.261. The molecule has 14 heavy (non-hydrogen) atoms. The van der Waals surface area contributed by atoms with Crippen LogP contribution in [0, 0.1) is 4.91 Å². The SMILES string of the molecule is O=NN1CCCC1Cc1ccccc1. The fourth-order valence-corrected chi connectivity index (χ4v) is 2.02. The van der Waals surface area contributed by atoms with Gasteiger partial charge in [0, 0.05) is 6.54 Å². The smallest absolute Gasteiger partial charge is 0.0543 e. The number of nitroso groups, excluding NO2 is 1. The van der Waals surface area contributed by atoms with Crippen molar-refractivity contribution < 1.29 is 0 Å². The number of rotatable bonds is 3. The maximum absolute atomic E-state index is 10.5. The van der Waals surface area contributed by atoms with E-state index in [4.69, 9.17) is 0 Å². The molecule has 1 atom stereocenters. The normalized spacial score (nSPS) is 21.1. The van der Waals surface area contributed by atoms with Gasteiger partial charge in [0.25, 0.3) is 0 Å². The molecule has 0 aliphatic carbocycles. The van der Waals surface area contributed by atoms with Crippen molar-refractivity contribution in [2.75, 3.05) is 6.54 Å². The summed E-state index contributed by atoms with van der Waals surface area (Å²) in [7, 11) is 0. The second-order valence-electron chi connectivity index (χ2n) is 3.73. The number of hydrogen-bond donors (Lipinski definition) is 0. The third kappa shape index (κ3) is 1.92. The molecule has 1 aromatic rings. The predicted molar refractivity (Wildman–Crippen MR) is 55.7 cm³/mol. The van der Waals surface area contributed by atoms with Gasteiger partial charge in [-0.25, -0.2) is 0 Å². The quantitative estimate of drug-likeness (QED) is 0.685. The van der Waals surface area contributed by atoms with Gasteiger partial charge in [0.1, 0.15) is 0 Å². The molecule has 1 heterocycles. The monoisotopic (exact) mass is 190 g/mol. The highest BCUT2D eigenvalue weighted by Crippen LogP contribution is 2.20. The lowest BCUT2D eigenvalue weighted by Crippen LogP contribution is -2.25. The van der Waals surface area contributed by atoms with Gasteiger partial charge in [-0.15, -0.1) is 4.91 Å². The topological polar surface area (TPSA) is 32.7 Å². The first-order valence-corrected chi connectivity index (χ1v) is 5.04. The Morgan fingerprint density at radius 1 is 1.36 bits per heavy atom. The zero-order valence-electron chi connectivity index (χ0n) is 8.10. The Bertz CT molecular complexity index is 299. The van der Waals surface area contributed by atoms with Crippen molar-refractivity contribution in [1.82, 2.24) is 5.01 Å². The average molecular weight is 190 g/mol. The Morgan fingerprint density at radius 2 is 2.14 bits per heavy atom.